The summed E-state index contributed by atoms with van der Waals surface area (Å²) < 4.78 is 5.33. The number of aromatic amines is 1. The zero-order chi connectivity index (χ0) is 23.1. The summed E-state index contributed by atoms with van der Waals surface area (Å²) in [6, 6.07) is 21.2. The highest BCUT2D eigenvalue weighted by atomic mass is 16.5. The molecular weight excluding hydrogens is 422 g/mol. The van der Waals surface area contributed by atoms with Crippen molar-refractivity contribution in [3.05, 3.63) is 94.8 Å². The Balaban J connectivity index is 1.31. The number of aromatic nitrogens is 2. The molecule has 2 unspecified atom stereocenters. The van der Waals surface area contributed by atoms with Crippen LogP contribution in [-0.4, -0.2) is 40.5 Å². The molecule has 1 N–H and O–H groups in total. The fourth-order valence-corrected chi connectivity index (χ4v) is 6.02. The molecule has 172 valence electrons. The number of amides is 1. The van der Waals surface area contributed by atoms with Crippen molar-refractivity contribution in [2.24, 2.45) is 0 Å². The first-order chi connectivity index (χ1) is 16.7. The van der Waals surface area contributed by atoms with Gasteiger partial charge in [-0.25, -0.2) is 4.98 Å². The number of nitrogens with zero attached hydrogens (tertiary/aromatic N) is 2. The third kappa shape index (κ3) is 3.65. The molecule has 1 aliphatic carbocycles. The minimum Gasteiger partial charge on any atom is -0.497 e. The lowest BCUT2D eigenvalue weighted by molar-refractivity contribution is 0.0546. The molecule has 5 nitrogen and oxygen atoms in total. The highest BCUT2D eigenvalue weighted by Gasteiger charge is 2.39. The normalized spacial score (nSPS) is 19.5. The van der Waals surface area contributed by atoms with E-state index in [0.717, 1.165) is 61.0 Å². The molecule has 1 saturated heterocycles. The van der Waals surface area contributed by atoms with Gasteiger partial charge in [0.25, 0.3) is 5.91 Å². The minimum absolute atomic E-state index is 0.141. The van der Waals surface area contributed by atoms with E-state index in [-0.39, 0.29) is 11.9 Å². The maximum atomic E-state index is 13.6. The van der Waals surface area contributed by atoms with Gasteiger partial charge in [-0.05, 0) is 84.7 Å². The van der Waals surface area contributed by atoms with Crippen LogP contribution in [0.1, 0.15) is 57.8 Å². The van der Waals surface area contributed by atoms with Gasteiger partial charge in [0, 0.05) is 24.1 Å². The summed E-state index contributed by atoms with van der Waals surface area (Å²) in [5, 5.41) is 0. The monoisotopic (exact) mass is 451 g/mol. The SMILES string of the molecule is COc1ccc(Cc2cccc3c2C2CCCN(C(=O)c4ccc5nc[nH]c5c4)C2CC3)cc1. The summed E-state index contributed by atoms with van der Waals surface area (Å²) in [5.41, 5.74) is 8.17. The third-order valence-corrected chi connectivity index (χ3v) is 7.63. The van der Waals surface area contributed by atoms with E-state index in [1.54, 1.807) is 13.4 Å². The number of nitrogens with one attached hydrogen (secondary N) is 1. The van der Waals surface area contributed by atoms with Crippen molar-refractivity contribution in [2.45, 2.75) is 44.1 Å². The van der Waals surface area contributed by atoms with Crippen molar-refractivity contribution in [1.82, 2.24) is 14.9 Å². The van der Waals surface area contributed by atoms with Crippen molar-refractivity contribution in [3.63, 3.8) is 0 Å². The summed E-state index contributed by atoms with van der Waals surface area (Å²) in [6.07, 6.45) is 6.81. The van der Waals surface area contributed by atoms with Gasteiger partial charge in [-0.3, -0.25) is 4.79 Å². The van der Waals surface area contributed by atoms with Gasteiger partial charge in [0.2, 0.25) is 0 Å². The molecule has 4 aromatic rings. The number of hydrogen-bond acceptors (Lipinski definition) is 3. The topological polar surface area (TPSA) is 58.2 Å². The first kappa shape index (κ1) is 21.0. The second kappa shape index (κ2) is 8.64. The fraction of sp³-hybridized carbons (Fsp3) is 0.310. The summed E-state index contributed by atoms with van der Waals surface area (Å²) in [4.78, 5) is 23.2. The Hall–Kier alpha value is -3.60. The van der Waals surface area contributed by atoms with Crippen LogP contribution in [0.15, 0.2) is 67.0 Å². The lowest BCUT2D eigenvalue weighted by atomic mass is 9.72. The van der Waals surface area contributed by atoms with Gasteiger partial charge < -0.3 is 14.6 Å². The van der Waals surface area contributed by atoms with E-state index in [1.807, 2.05) is 30.3 Å². The van der Waals surface area contributed by atoms with Crippen molar-refractivity contribution < 1.29 is 9.53 Å². The largest absolute Gasteiger partial charge is 0.497 e. The number of rotatable bonds is 4. The molecule has 1 aromatic heterocycles. The van der Waals surface area contributed by atoms with Crippen LogP contribution in [0.3, 0.4) is 0 Å². The van der Waals surface area contributed by atoms with Gasteiger partial charge >= 0.3 is 0 Å². The van der Waals surface area contributed by atoms with E-state index in [0.29, 0.717) is 5.92 Å². The van der Waals surface area contributed by atoms with Gasteiger partial charge in [0.15, 0.2) is 0 Å². The van der Waals surface area contributed by atoms with E-state index in [4.69, 9.17) is 4.74 Å². The lowest BCUT2D eigenvalue weighted by Gasteiger charge is -2.45. The zero-order valence-electron chi connectivity index (χ0n) is 19.5. The van der Waals surface area contributed by atoms with E-state index < -0.39 is 0 Å². The number of carbonyl (C=O) groups excluding carboxylic acids is 1. The smallest absolute Gasteiger partial charge is 0.254 e. The molecule has 0 saturated carbocycles. The molecular formula is C29H29N3O2. The quantitative estimate of drug-likeness (QED) is 0.446. The van der Waals surface area contributed by atoms with Crippen molar-refractivity contribution in [3.8, 4) is 5.75 Å². The molecule has 3 aromatic carbocycles. The van der Waals surface area contributed by atoms with Gasteiger partial charge in [0.05, 0.1) is 24.5 Å². The molecule has 34 heavy (non-hydrogen) atoms. The van der Waals surface area contributed by atoms with Crippen LogP contribution in [0.2, 0.25) is 0 Å². The Labute approximate surface area is 199 Å². The predicted molar refractivity (Wildman–Crippen MR) is 133 cm³/mol. The van der Waals surface area contributed by atoms with Gasteiger partial charge in [-0.15, -0.1) is 0 Å². The van der Waals surface area contributed by atoms with Gasteiger partial charge in [-0.2, -0.15) is 0 Å². The Morgan fingerprint density at radius 2 is 2.00 bits per heavy atom. The molecule has 0 spiro atoms. The number of hydrogen-bond donors (Lipinski definition) is 1. The number of H-pyrrole nitrogens is 1. The Morgan fingerprint density at radius 3 is 2.85 bits per heavy atom. The zero-order valence-corrected chi connectivity index (χ0v) is 19.5. The van der Waals surface area contributed by atoms with Crippen LogP contribution in [0.5, 0.6) is 5.75 Å². The van der Waals surface area contributed by atoms with Crippen LogP contribution >= 0.6 is 0 Å². The van der Waals surface area contributed by atoms with Crippen molar-refractivity contribution in [2.75, 3.05) is 13.7 Å². The number of piperidine rings is 1. The Bertz CT molecular complexity index is 1340. The minimum atomic E-state index is 0.141. The standard InChI is InChI=1S/C29H29N3O2/c1-34-23-11-7-19(8-12-23)16-21-5-2-4-20-10-14-27-24(28(20)21)6-3-15-32(27)29(33)22-9-13-25-26(17-22)31-18-30-25/h2,4-5,7-9,11-13,17-18,24,27H,3,6,10,14-16H2,1H3,(H,30,31). The Kier molecular flexibility index (Phi) is 5.33. The molecule has 2 heterocycles. The predicted octanol–water partition coefficient (Wildman–Crippen LogP) is 5.50. The number of benzene rings is 3. The van der Waals surface area contributed by atoms with Crippen LogP contribution < -0.4 is 4.74 Å². The van der Waals surface area contributed by atoms with Crippen LogP contribution in [0.4, 0.5) is 0 Å². The number of ether oxygens (including phenoxy) is 1. The van der Waals surface area contributed by atoms with Crippen LogP contribution in [0.25, 0.3) is 11.0 Å². The van der Waals surface area contributed by atoms with Gasteiger partial charge in [-0.1, -0.05) is 30.3 Å². The summed E-state index contributed by atoms with van der Waals surface area (Å²) in [7, 11) is 1.70. The number of carbonyl (C=O) groups is 1. The number of likely N-dealkylation sites (tertiary alicyclic amines) is 1. The molecule has 0 bridgehead atoms. The average molecular weight is 452 g/mol. The average Bonchev–Trinajstić information content (AvgIpc) is 3.36. The first-order valence-corrected chi connectivity index (χ1v) is 12.2. The van der Waals surface area contributed by atoms with E-state index in [1.165, 1.54) is 22.3 Å². The lowest BCUT2D eigenvalue weighted by Crippen LogP contribution is -2.49. The molecule has 1 aliphatic heterocycles. The number of fused-ring (bicyclic) bond motifs is 4. The molecule has 2 atom stereocenters. The maximum Gasteiger partial charge on any atom is 0.254 e. The summed E-state index contributed by atoms with van der Waals surface area (Å²) in [6.45, 7) is 0.830. The molecule has 0 radical (unpaired) electrons. The summed E-state index contributed by atoms with van der Waals surface area (Å²) in [5.74, 6) is 1.42. The molecule has 1 fully saturated rings. The number of methoxy groups -OCH3 is 1. The van der Waals surface area contributed by atoms with Crippen molar-refractivity contribution in [1.29, 1.82) is 0 Å². The number of imidazole rings is 1. The van der Waals surface area contributed by atoms with Gasteiger partial charge in [0.1, 0.15) is 5.75 Å². The second-order valence-corrected chi connectivity index (χ2v) is 9.50. The van der Waals surface area contributed by atoms with Crippen LogP contribution in [0, 0.1) is 0 Å². The fourth-order valence-electron chi connectivity index (χ4n) is 6.02. The molecule has 5 heteroatoms. The number of aryl methyl sites for hydroxylation is 1. The van der Waals surface area contributed by atoms with E-state index in [2.05, 4.69) is 45.2 Å². The molecule has 2 aliphatic rings. The van der Waals surface area contributed by atoms with E-state index in [9.17, 15) is 4.79 Å². The van der Waals surface area contributed by atoms with Crippen molar-refractivity contribution >= 4 is 16.9 Å². The molecule has 6 rings (SSSR count). The summed E-state index contributed by atoms with van der Waals surface area (Å²) >= 11 is 0. The third-order valence-electron chi connectivity index (χ3n) is 7.63. The highest BCUT2D eigenvalue weighted by Crippen LogP contribution is 2.43. The molecule has 1 amide bonds. The highest BCUT2D eigenvalue weighted by molar-refractivity contribution is 5.97. The van der Waals surface area contributed by atoms with Crippen LogP contribution in [-0.2, 0) is 12.8 Å². The van der Waals surface area contributed by atoms with E-state index >= 15 is 0 Å². The second-order valence-electron chi connectivity index (χ2n) is 9.50. The Morgan fingerprint density at radius 1 is 1.12 bits per heavy atom. The first-order valence-electron chi connectivity index (χ1n) is 12.2. The maximum absolute atomic E-state index is 13.6.